The van der Waals surface area contributed by atoms with Crippen molar-refractivity contribution in [3.63, 3.8) is 0 Å². The van der Waals surface area contributed by atoms with Gasteiger partial charge in [-0.2, -0.15) is 0 Å². The molecule has 1 aromatic carbocycles. The third-order valence-corrected chi connectivity index (χ3v) is 3.64. The number of carbonyl (C=O) groups is 1. The topological polar surface area (TPSA) is 54.0 Å². The van der Waals surface area contributed by atoms with Crippen LogP contribution >= 0.6 is 0 Å². The van der Waals surface area contributed by atoms with Gasteiger partial charge in [-0.1, -0.05) is 12.1 Å². The Morgan fingerprint density at radius 3 is 2.64 bits per heavy atom. The van der Waals surface area contributed by atoms with Crippen LogP contribution in [0.15, 0.2) is 24.3 Å². The van der Waals surface area contributed by atoms with Gasteiger partial charge >= 0.3 is 0 Å². The molecular weight excluding hydrogens is 284 g/mol. The molecule has 122 valence electrons. The Bertz CT molecular complexity index is 468. The molecule has 5 nitrogen and oxygen atoms in total. The highest BCUT2D eigenvalue weighted by Gasteiger charge is 2.37. The van der Waals surface area contributed by atoms with Gasteiger partial charge in [-0.25, -0.2) is 0 Å². The van der Waals surface area contributed by atoms with Crippen LogP contribution in [0.3, 0.4) is 0 Å². The van der Waals surface area contributed by atoms with Gasteiger partial charge < -0.3 is 23.7 Å². The Balaban J connectivity index is 1.92. The smallest absolute Gasteiger partial charge is 0.163 e. The Hall–Kier alpha value is -1.43. The molecule has 0 spiro atoms. The van der Waals surface area contributed by atoms with Crippen molar-refractivity contribution < 1.29 is 23.7 Å². The van der Waals surface area contributed by atoms with Gasteiger partial charge in [0.25, 0.3) is 0 Å². The molecule has 0 N–H and O–H groups in total. The molecule has 0 saturated carbocycles. The molecule has 1 saturated heterocycles. The van der Waals surface area contributed by atoms with Crippen molar-refractivity contribution in [1.29, 1.82) is 0 Å². The zero-order chi connectivity index (χ0) is 16.0. The van der Waals surface area contributed by atoms with Crippen molar-refractivity contribution in [3.8, 4) is 5.75 Å². The second-order valence-corrected chi connectivity index (χ2v) is 5.81. The van der Waals surface area contributed by atoms with Crippen molar-refractivity contribution in [3.05, 3.63) is 29.8 Å². The predicted octanol–water partition coefficient (Wildman–Crippen LogP) is 2.71. The second-order valence-electron chi connectivity index (χ2n) is 5.81. The Morgan fingerprint density at radius 2 is 2.09 bits per heavy atom. The monoisotopic (exact) mass is 308 g/mol. The lowest BCUT2D eigenvalue weighted by Crippen LogP contribution is -2.33. The van der Waals surface area contributed by atoms with Gasteiger partial charge in [0.05, 0.1) is 26.4 Å². The molecule has 1 fully saturated rings. The van der Waals surface area contributed by atoms with Crippen LogP contribution < -0.4 is 4.74 Å². The van der Waals surface area contributed by atoms with Gasteiger partial charge in [-0.15, -0.1) is 0 Å². The average Bonchev–Trinajstić information content (AvgIpc) is 2.88. The Morgan fingerprint density at radius 1 is 1.36 bits per heavy atom. The van der Waals surface area contributed by atoms with E-state index in [2.05, 4.69) is 0 Å². The van der Waals surface area contributed by atoms with Crippen LogP contribution in [0.4, 0.5) is 0 Å². The molecule has 0 amide bonds. The van der Waals surface area contributed by atoms with Gasteiger partial charge in [0.2, 0.25) is 0 Å². The summed E-state index contributed by atoms with van der Waals surface area (Å²) in [6, 6.07) is 7.73. The van der Waals surface area contributed by atoms with Crippen molar-refractivity contribution in [1.82, 2.24) is 0 Å². The van der Waals surface area contributed by atoms with E-state index in [1.54, 1.807) is 7.11 Å². The average molecular weight is 308 g/mol. The largest absolute Gasteiger partial charge is 0.497 e. The van der Waals surface area contributed by atoms with Crippen molar-refractivity contribution >= 4 is 6.29 Å². The van der Waals surface area contributed by atoms with E-state index >= 15 is 0 Å². The molecule has 0 aliphatic carbocycles. The summed E-state index contributed by atoms with van der Waals surface area (Å²) in [6.45, 7) is 4.72. The van der Waals surface area contributed by atoms with Crippen LogP contribution in [-0.4, -0.2) is 38.0 Å². The minimum Gasteiger partial charge on any atom is -0.497 e. The maximum absolute atomic E-state index is 10.7. The van der Waals surface area contributed by atoms with Crippen LogP contribution in [0.1, 0.15) is 32.3 Å². The van der Waals surface area contributed by atoms with Gasteiger partial charge in [0, 0.05) is 6.42 Å². The molecule has 1 aliphatic heterocycles. The summed E-state index contributed by atoms with van der Waals surface area (Å²) in [5, 5.41) is 0. The first-order valence-electron chi connectivity index (χ1n) is 7.54. The minimum atomic E-state index is -0.590. The Kier molecular flexibility index (Phi) is 5.94. The van der Waals surface area contributed by atoms with Gasteiger partial charge in [-0.05, 0) is 38.0 Å². The first-order chi connectivity index (χ1) is 10.5. The van der Waals surface area contributed by atoms with Crippen molar-refractivity contribution in [2.75, 3.05) is 13.7 Å². The summed E-state index contributed by atoms with van der Waals surface area (Å²) in [6.07, 6.45) is 1.68. The summed E-state index contributed by atoms with van der Waals surface area (Å²) < 4.78 is 22.6. The van der Waals surface area contributed by atoms with E-state index in [-0.39, 0.29) is 12.2 Å². The van der Waals surface area contributed by atoms with Crippen LogP contribution in [-0.2, 0) is 25.6 Å². The first-order valence-corrected chi connectivity index (χ1v) is 7.54. The molecule has 0 radical (unpaired) electrons. The maximum atomic E-state index is 10.7. The van der Waals surface area contributed by atoms with Crippen molar-refractivity contribution in [2.24, 2.45) is 0 Å². The quantitative estimate of drug-likeness (QED) is 0.691. The number of benzene rings is 1. The number of methoxy groups -OCH3 is 1. The van der Waals surface area contributed by atoms with Gasteiger partial charge in [-0.3, -0.25) is 0 Å². The standard InChI is InChI=1S/C17H24O5/c1-17(2)21-12-16(22-17)15(5-4-10-18)20-11-13-6-8-14(19-3)9-7-13/h6-10,15-16H,4-5,11-12H2,1-3H3/t15-,16+/m0/s1. The molecule has 22 heavy (non-hydrogen) atoms. The maximum Gasteiger partial charge on any atom is 0.163 e. The predicted molar refractivity (Wildman–Crippen MR) is 81.8 cm³/mol. The SMILES string of the molecule is COc1ccc(CO[C@@H](CCC=O)[C@H]2COC(C)(C)O2)cc1. The fourth-order valence-corrected chi connectivity index (χ4v) is 2.43. The lowest BCUT2D eigenvalue weighted by atomic mass is 10.1. The van der Waals surface area contributed by atoms with E-state index in [4.69, 9.17) is 18.9 Å². The summed E-state index contributed by atoms with van der Waals surface area (Å²) in [5.74, 6) is 0.226. The number of hydrogen-bond donors (Lipinski definition) is 0. The molecule has 5 heteroatoms. The van der Waals surface area contributed by atoms with E-state index < -0.39 is 5.79 Å². The van der Waals surface area contributed by atoms with E-state index in [0.29, 0.717) is 26.1 Å². The minimum absolute atomic E-state index is 0.145. The zero-order valence-electron chi connectivity index (χ0n) is 13.4. The summed E-state index contributed by atoms with van der Waals surface area (Å²) in [4.78, 5) is 10.7. The van der Waals surface area contributed by atoms with Crippen molar-refractivity contribution in [2.45, 2.75) is 51.3 Å². The highest BCUT2D eigenvalue weighted by molar-refractivity contribution is 5.49. The molecule has 0 unspecified atom stereocenters. The molecule has 0 bridgehead atoms. The van der Waals surface area contributed by atoms with E-state index in [1.165, 1.54) is 0 Å². The van der Waals surface area contributed by atoms with E-state index in [0.717, 1.165) is 17.6 Å². The van der Waals surface area contributed by atoms with Crippen LogP contribution in [0.2, 0.25) is 0 Å². The lowest BCUT2D eigenvalue weighted by Gasteiger charge is -2.24. The highest BCUT2D eigenvalue weighted by Crippen LogP contribution is 2.27. The highest BCUT2D eigenvalue weighted by atomic mass is 16.7. The van der Waals surface area contributed by atoms with Crippen LogP contribution in [0, 0.1) is 0 Å². The molecular formula is C17H24O5. The summed E-state index contributed by atoms with van der Waals surface area (Å²) >= 11 is 0. The molecule has 2 rings (SSSR count). The normalized spacial score (nSPS) is 21.5. The number of hydrogen-bond acceptors (Lipinski definition) is 5. The summed E-state index contributed by atoms with van der Waals surface area (Å²) in [7, 11) is 1.64. The third kappa shape index (κ3) is 4.80. The van der Waals surface area contributed by atoms with Crippen LogP contribution in [0.25, 0.3) is 0 Å². The van der Waals surface area contributed by atoms with E-state index in [1.807, 2.05) is 38.1 Å². The number of aldehydes is 1. The van der Waals surface area contributed by atoms with E-state index in [9.17, 15) is 4.79 Å². The zero-order valence-corrected chi connectivity index (χ0v) is 13.4. The number of carbonyl (C=O) groups excluding carboxylic acids is 1. The molecule has 0 aromatic heterocycles. The second kappa shape index (κ2) is 7.72. The molecule has 1 aromatic rings. The number of ether oxygens (including phenoxy) is 4. The fraction of sp³-hybridized carbons (Fsp3) is 0.588. The van der Waals surface area contributed by atoms with Crippen LogP contribution in [0.5, 0.6) is 5.75 Å². The van der Waals surface area contributed by atoms with Gasteiger partial charge in [0.1, 0.15) is 18.1 Å². The molecule has 1 heterocycles. The first kappa shape index (κ1) is 16.9. The molecule has 2 atom stereocenters. The molecule has 1 aliphatic rings. The summed E-state index contributed by atoms with van der Waals surface area (Å²) in [5.41, 5.74) is 1.05. The third-order valence-electron chi connectivity index (χ3n) is 3.64. The number of rotatable bonds is 8. The van der Waals surface area contributed by atoms with Gasteiger partial charge in [0.15, 0.2) is 5.79 Å². The Labute approximate surface area is 131 Å². The lowest BCUT2D eigenvalue weighted by molar-refractivity contribution is -0.158. The fourth-order valence-electron chi connectivity index (χ4n) is 2.43.